The Morgan fingerprint density at radius 3 is 2.62 bits per heavy atom. The predicted octanol–water partition coefficient (Wildman–Crippen LogP) is 0.915. The third-order valence-corrected chi connectivity index (χ3v) is 2.58. The van der Waals surface area contributed by atoms with Gasteiger partial charge in [-0.05, 0) is 37.6 Å². The van der Waals surface area contributed by atoms with Crippen LogP contribution in [0.3, 0.4) is 0 Å². The monoisotopic (exact) mass is 220 g/mol. The van der Waals surface area contributed by atoms with Crippen LogP contribution < -0.4 is 15.8 Å². The van der Waals surface area contributed by atoms with Crippen molar-refractivity contribution in [1.82, 2.24) is 5.32 Å². The molecule has 0 aromatic heterocycles. The lowest BCUT2D eigenvalue weighted by Crippen LogP contribution is -2.29. The Morgan fingerprint density at radius 2 is 2.12 bits per heavy atom. The molecule has 1 fully saturated rings. The van der Waals surface area contributed by atoms with Crippen molar-refractivity contribution in [1.29, 1.82) is 0 Å². The van der Waals surface area contributed by atoms with Gasteiger partial charge < -0.3 is 15.8 Å². The first-order chi connectivity index (χ1) is 7.70. The lowest BCUT2D eigenvalue weighted by Gasteiger charge is -2.05. The third kappa shape index (κ3) is 2.52. The molecule has 1 amide bonds. The molecule has 4 nitrogen and oxygen atoms in total. The highest BCUT2D eigenvalue weighted by Gasteiger charge is 2.34. The summed E-state index contributed by atoms with van der Waals surface area (Å²) in [7, 11) is 0. The minimum atomic E-state index is -0.0685. The first-order valence-corrected chi connectivity index (χ1v) is 5.50. The summed E-state index contributed by atoms with van der Waals surface area (Å²) in [5.74, 6) is 0.711. The number of benzene rings is 1. The molecular weight excluding hydrogens is 204 g/mol. The quantitative estimate of drug-likeness (QED) is 0.793. The van der Waals surface area contributed by atoms with Crippen LogP contribution in [-0.4, -0.2) is 24.6 Å². The zero-order valence-corrected chi connectivity index (χ0v) is 9.27. The highest BCUT2D eigenvalue weighted by molar-refractivity contribution is 5.94. The van der Waals surface area contributed by atoms with Gasteiger partial charge in [0.1, 0.15) is 5.75 Å². The van der Waals surface area contributed by atoms with Crippen LogP contribution in [0.1, 0.15) is 23.7 Å². The van der Waals surface area contributed by atoms with E-state index in [0.29, 0.717) is 12.2 Å². The Balaban J connectivity index is 1.95. The SMILES string of the molecule is CCOc1ccc(C(=O)NC2CC2N)cc1. The molecule has 1 aromatic carbocycles. The van der Waals surface area contributed by atoms with Gasteiger partial charge in [-0.1, -0.05) is 0 Å². The zero-order chi connectivity index (χ0) is 11.5. The van der Waals surface area contributed by atoms with Crippen LogP contribution in [-0.2, 0) is 0 Å². The van der Waals surface area contributed by atoms with Crippen molar-refractivity contribution in [2.75, 3.05) is 6.61 Å². The Kier molecular flexibility index (Phi) is 3.10. The van der Waals surface area contributed by atoms with Crippen LogP contribution in [0.25, 0.3) is 0 Å². The first kappa shape index (κ1) is 11.0. The van der Waals surface area contributed by atoms with Gasteiger partial charge in [-0.3, -0.25) is 4.79 Å². The maximum absolute atomic E-state index is 11.7. The van der Waals surface area contributed by atoms with Crippen LogP contribution in [0.2, 0.25) is 0 Å². The number of carbonyl (C=O) groups excluding carboxylic acids is 1. The predicted molar refractivity (Wildman–Crippen MR) is 61.5 cm³/mol. The van der Waals surface area contributed by atoms with Crippen molar-refractivity contribution in [3.05, 3.63) is 29.8 Å². The fourth-order valence-electron chi connectivity index (χ4n) is 1.50. The molecule has 0 saturated heterocycles. The van der Waals surface area contributed by atoms with E-state index in [0.717, 1.165) is 12.2 Å². The molecule has 2 rings (SSSR count). The Hall–Kier alpha value is -1.55. The summed E-state index contributed by atoms with van der Waals surface area (Å²) in [5.41, 5.74) is 6.26. The van der Waals surface area contributed by atoms with Crippen molar-refractivity contribution in [2.24, 2.45) is 5.73 Å². The second-order valence-electron chi connectivity index (χ2n) is 3.94. The summed E-state index contributed by atoms with van der Waals surface area (Å²) in [6, 6.07) is 7.39. The van der Waals surface area contributed by atoms with Crippen molar-refractivity contribution < 1.29 is 9.53 Å². The molecule has 4 heteroatoms. The molecule has 3 N–H and O–H groups in total. The standard InChI is InChI=1S/C12H16N2O2/c1-2-16-9-5-3-8(4-6-9)12(15)14-11-7-10(11)13/h3-6,10-11H,2,7,13H2,1H3,(H,14,15). The van der Waals surface area contributed by atoms with E-state index < -0.39 is 0 Å². The van der Waals surface area contributed by atoms with Crippen LogP contribution >= 0.6 is 0 Å². The van der Waals surface area contributed by atoms with Crippen LogP contribution in [0.4, 0.5) is 0 Å². The molecule has 1 aromatic rings. The van der Waals surface area contributed by atoms with Gasteiger partial charge in [0, 0.05) is 17.6 Å². The van der Waals surface area contributed by atoms with Gasteiger partial charge in [-0.15, -0.1) is 0 Å². The minimum Gasteiger partial charge on any atom is -0.494 e. The summed E-state index contributed by atoms with van der Waals surface area (Å²) >= 11 is 0. The van der Waals surface area contributed by atoms with Gasteiger partial charge in [-0.25, -0.2) is 0 Å². The Morgan fingerprint density at radius 1 is 1.50 bits per heavy atom. The number of nitrogens with one attached hydrogen (secondary N) is 1. The van der Waals surface area contributed by atoms with Gasteiger partial charge in [0.15, 0.2) is 0 Å². The van der Waals surface area contributed by atoms with Gasteiger partial charge in [0.2, 0.25) is 0 Å². The maximum atomic E-state index is 11.7. The second kappa shape index (κ2) is 4.53. The van der Waals surface area contributed by atoms with E-state index in [-0.39, 0.29) is 18.0 Å². The van der Waals surface area contributed by atoms with Crippen LogP contribution in [0.5, 0.6) is 5.75 Å². The Labute approximate surface area is 94.8 Å². The van der Waals surface area contributed by atoms with Crippen molar-refractivity contribution >= 4 is 5.91 Å². The minimum absolute atomic E-state index is 0.0685. The molecule has 1 aliphatic carbocycles. The lowest BCUT2D eigenvalue weighted by atomic mass is 10.2. The molecule has 2 atom stereocenters. The first-order valence-electron chi connectivity index (χ1n) is 5.50. The molecule has 1 saturated carbocycles. The number of ether oxygens (including phenoxy) is 1. The fraction of sp³-hybridized carbons (Fsp3) is 0.417. The van der Waals surface area contributed by atoms with E-state index in [2.05, 4.69) is 5.32 Å². The normalized spacial score (nSPS) is 22.6. The molecule has 0 radical (unpaired) electrons. The van der Waals surface area contributed by atoms with Gasteiger partial charge in [0.05, 0.1) is 6.61 Å². The molecule has 0 aliphatic heterocycles. The molecule has 1 aliphatic rings. The Bertz CT molecular complexity index is 375. The summed E-state index contributed by atoms with van der Waals surface area (Å²) in [6.07, 6.45) is 0.878. The van der Waals surface area contributed by atoms with E-state index in [1.165, 1.54) is 0 Å². The van der Waals surface area contributed by atoms with Gasteiger partial charge >= 0.3 is 0 Å². The highest BCUT2D eigenvalue weighted by Crippen LogP contribution is 2.19. The summed E-state index contributed by atoms with van der Waals surface area (Å²) < 4.78 is 5.30. The van der Waals surface area contributed by atoms with E-state index in [9.17, 15) is 4.79 Å². The van der Waals surface area contributed by atoms with E-state index in [1.54, 1.807) is 24.3 Å². The van der Waals surface area contributed by atoms with E-state index >= 15 is 0 Å². The topological polar surface area (TPSA) is 64.3 Å². The van der Waals surface area contributed by atoms with Gasteiger partial charge in [-0.2, -0.15) is 0 Å². The molecule has 86 valence electrons. The van der Waals surface area contributed by atoms with Crippen molar-refractivity contribution in [3.8, 4) is 5.75 Å². The van der Waals surface area contributed by atoms with Crippen LogP contribution in [0.15, 0.2) is 24.3 Å². The maximum Gasteiger partial charge on any atom is 0.251 e. The van der Waals surface area contributed by atoms with Crippen molar-refractivity contribution in [2.45, 2.75) is 25.4 Å². The molecule has 0 bridgehead atoms. The zero-order valence-electron chi connectivity index (χ0n) is 9.27. The lowest BCUT2D eigenvalue weighted by molar-refractivity contribution is 0.0950. The van der Waals surface area contributed by atoms with Crippen molar-refractivity contribution in [3.63, 3.8) is 0 Å². The average Bonchev–Trinajstić information content (AvgIpc) is 2.95. The number of rotatable bonds is 4. The smallest absolute Gasteiger partial charge is 0.251 e. The summed E-state index contributed by atoms with van der Waals surface area (Å²) in [5, 5.41) is 2.87. The van der Waals surface area contributed by atoms with E-state index in [4.69, 9.17) is 10.5 Å². The van der Waals surface area contributed by atoms with Gasteiger partial charge in [0.25, 0.3) is 5.91 Å². The second-order valence-corrected chi connectivity index (χ2v) is 3.94. The van der Waals surface area contributed by atoms with E-state index in [1.807, 2.05) is 6.92 Å². The third-order valence-electron chi connectivity index (χ3n) is 2.58. The number of hydrogen-bond acceptors (Lipinski definition) is 3. The van der Waals surface area contributed by atoms with Crippen LogP contribution in [0, 0.1) is 0 Å². The molecule has 2 unspecified atom stereocenters. The summed E-state index contributed by atoms with van der Waals surface area (Å²) in [4.78, 5) is 11.7. The fourth-order valence-corrected chi connectivity index (χ4v) is 1.50. The number of carbonyl (C=O) groups is 1. The molecular formula is C12H16N2O2. The molecule has 0 spiro atoms. The summed E-state index contributed by atoms with van der Waals surface area (Å²) in [6.45, 7) is 2.55. The number of amides is 1. The highest BCUT2D eigenvalue weighted by atomic mass is 16.5. The molecule has 16 heavy (non-hydrogen) atoms. The largest absolute Gasteiger partial charge is 0.494 e. The number of nitrogens with two attached hydrogens (primary N) is 1. The average molecular weight is 220 g/mol. The number of hydrogen-bond donors (Lipinski definition) is 2. The molecule has 0 heterocycles.